The topological polar surface area (TPSA) is 71.2 Å². The normalized spacial score (nSPS) is 21.9. The van der Waals surface area contributed by atoms with E-state index in [9.17, 15) is 4.79 Å². The Kier molecular flexibility index (Phi) is 5.56. The minimum Gasteiger partial charge on any atom is -0.369 e. The zero-order valence-electron chi connectivity index (χ0n) is 13.0. The highest BCUT2D eigenvalue weighted by molar-refractivity contribution is 5.93. The van der Waals surface area contributed by atoms with Crippen molar-refractivity contribution in [2.75, 3.05) is 18.0 Å². The molecule has 0 aromatic carbocycles. The molecule has 0 bridgehead atoms. The summed E-state index contributed by atoms with van der Waals surface area (Å²) in [5.41, 5.74) is 7.56. The first-order valence-electron chi connectivity index (χ1n) is 7.92. The molecule has 0 radical (unpaired) electrons. The minimum atomic E-state index is -0.110. The average molecular weight is 290 g/mol. The summed E-state index contributed by atoms with van der Waals surface area (Å²) < 4.78 is 0. The van der Waals surface area contributed by atoms with E-state index in [-0.39, 0.29) is 5.91 Å². The van der Waals surface area contributed by atoms with Gasteiger partial charge in [-0.15, -0.1) is 0 Å². The molecule has 5 nitrogen and oxygen atoms in total. The molecule has 0 spiro atoms. The highest BCUT2D eigenvalue weighted by Crippen LogP contribution is 2.27. The Balaban J connectivity index is 2.14. The molecule has 1 aromatic rings. The Hall–Kier alpha value is -1.62. The highest BCUT2D eigenvalue weighted by atomic mass is 16.1. The first kappa shape index (κ1) is 15.8. The number of carbonyl (C=O) groups excluding carboxylic acids is 1. The van der Waals surface area contributed by atoms with Gasteiger partial charge in [-0.1, -0.05) is 0 Å². The van der Waals surface area contributed by atoms with Crippen LogP contribution in [-0.4, -0.2) is 36.1 Å². The number of aromatic nitrogens is 1. The van der Waals surface area contributed by atoms with Gasteiger partial charge in [-0.05, 0) is 51.7 Å². The van der Waals surface area contributed by atoms with Crippen LogP contribution in [0.4, 0.5) is 5.69 Å². The van der Waals surface area contributed by atoms with Gasteiger partial charge in [0, 0.05) is 37.1 Å². The Labute approximate surface area is 126 Å². The van der Waals surface area contributed by atoms with Crippen LogP contribution in [-0.2, 0) is 0 Å². The van der Waals surface area contributed by atoms with E-state index >= 15 is 0 Å². The standard InChI is InChI=1S/C16H26N4O/c1-3-18-16(21)15-11-14(9-10-19-15)20(4-2)13-7-5-12(17)6-8-13/h9-13H,3-8,17H2,1-2H3,(H,18,21). The number of carbonyl (C=O) groups is 1. The first-order chi connectivity index (χ1) is 10.2. The van der Waals surface area contributed by atoms with Gasteiger partial charge in [0.2, 0.25) is 0 Å². The molecule has 0 aliphatic heterocycles. The van der Waals surface area contributed by atoms with E-state index in [1.807, 2.05) is 19.1 Å². The second-order valence-corrected chi connectivity index (χ2v) is 5.61. The Morgan fingerprint density at radius 3 is 2.71 bits per heavy atom. The molecule has 1 fully saturated rings. The fourth-order valence-corrected chi connectivity index (χ4v) is 3.04. The maximum atomic E-state index is 11.9. The van der Waals surface area contributed by atoms with Crippen LogP contribution in [0, 0.1) is 0 Å². The summed E-state index contributed by atoms with van der Waals surface area (Å²) in [5, 5.41) is 2.79. The number of amides is 1. The molecule has 3 N–H and O–H groups in total. The molecular formula is C16H26N4O. The van der Waals surface area contributed by atoms with Crippen molar-refractivity contribution in [1.29, 1.82) is 0 Å². The van der Waals surface area contributed by atoms with Gasteiger partial charge in [0.25, 0.3) is 5.91 Å². The number of anilines is 1. The number of hydrogen-bond acceptors (Lipinski definition) is 4. The molecule has 0 saturated heterocycles. The van der Waals surface area contributed by atoms with E-state index in [0.29, 0.717) is 24.3 Å². The summed E-state index contributed by atoms with van der Waals surface area (Å²) in [6.45, 7) is 5.60. The monoisotopic (exact) mass is 290 g/mol. The Bertz CT molecular complexity index is 469. The lowest BCUT2D eigenvalue weighted by atomic mass is 9.90. The summed E-state index contributed by atoms with van der Waals surface area (Å²) in [5.74, 6) is -0.110. The molecule has 1 amide bonds. The smallest absolute Gasteiger partial charge is 0.269 e. The van der Waals surface area contributed by atoms with Crippen LogP contribution in [0.25, 0.3) is 0 Å². The lowest BCUT2D eigenvalue weighted by Gasteiger charge is -2.37. The van der Waals surface area contributed by atoms with E-state index in [1.165, 1.54) is 0 Å². The van der Waals surface area contributed by atoms with Gasteiger partial charge in [0.15, 0.2) is 0 Å². The highest BCUT2D eigenvalue weighted by Gasteiger charge is 2.24. The molecule has 5 heteroatoms. The number of nitrogens with two attached hydrogens (primary N) is 1. The van der Waals surface area contributed by atoms with Gasteiger partial charge >= 0.3 is 0 Å². The second-order valence-electron chi connectivity index (χ2n) is 5.61. The third-order valence-corrected chi connectivity index (χ3v) is 4.17. The van der Waals surface area contributed by atoms with Crippen LogP contribution in [0.3, 0.4) is 0 Å². The summed E-state index contributed by atoms with van der Waals surface area (Å²) in [6.07, 6.45) is 6.11. The molecule has 1 saturated carbocycles. The molecule has 0 atom stereocenters. The summed E-state index contributed by atoms with van der Waals surface area (Å²) in [4.78, 5) is 18.5. The first-order valence-corrected chi connectivity index (χ1v) is 7.92. The molecule has 2 rings (SSSR count). The second kappa shape index (κ2) is 7.41. The van der Waals surface area contributed by atoms with Crippen molar-refractivity contribution in [3.63, 3.8) is 0 Å². The third-order valence-electron chi connectivity index (χ3n) is 4.17. The van der Waals surface area contributed by atoms with Crippen molar-refractivity contribution >= 4 is 11.6 Å². The molecular weight excluding hydrogens is 264 g/mol. The number of nitrogens with one attached hydrogen (secondary N) is 1. The Morgan fingerprint density at radius 1 is 1.38 bits per heavy atom. The largest absolute Gasteiger partial charge is 0.369 e. The predicted molar refractivity (Wildman–Crippen MR) is 85.5 cm³/mol. The van der Waals surface area contributed by atoms with Crippen LogP contribution in [0.15, 0.2) is 18.3 Å². The fourth-order valence-electron chi connectivity index (χ4n) is 3.04. The van der Waals surface area contributed by atoms with Crippen molar-refractivity contribution < 1.29 is 4.79 Å². The molecule has 1 aliphatic carbocycles. The van der Waals surface area contributed by atoms with Crippen molar-refractivity contribution in [2.45, 2.75) is 51.6 Å². The molecule has 1 aromatic heterocycles. The molecule has 21 heavy (non-hydrogen) atoms. The zero-order chi connectivity index (χ0) is 15.2. The zero-order valence-corrected chi connectivity index (χ0v) is 13.0. The van der Waals surface area contributed by atoms with E-state index in [2.05, 4.69) is 22.1 Å². The van der Waals surface area contributed by atoms with Gasteiger partial charge in [-0.3, -0.25) is 9.78 Å². The fraction of sp³-hybridized carbons (Fsp3) is 0.625. The number of pyridine rings is 1. The quantitative estimate of drug-likeness (QED) is 0.869. The lowest BCUT2D eigenvalue weighted by molar-refractivity contribution is 0.0951. The van der Waals surface area contributed by atoms with Crippen molar-refractivity contribution in [3.8, 4) is 0 Å². The molecule has 1 heterocycles. The van der Waals surface area contributed by atoms with Gasteiger partial charge in [-0.25, -0.2) is 0 Å². The predicted octanol–water partition coefficient (Wildman–Crippen LogP) is 1.93. The van der Waals surface area contributed by atoms with Crippen LogP contribution < -0.4 is 16.0 Å². The lowest BCUT2D eigenvalue weighted by Crippen LogP contribution is -2.41. The SMILES string of the molecule is CCNC(=O)c1cc(N(CC)C2CCC(N)CC2)ccn1. The number of rotatable bonds is 5. The number of nitrogens with zero attached hydrogens (tertiary/aromatic N) is 2. The van der Waals surface area contributed by atoms with E-state index in [1.54, 1.807) is 6.20 Å². The van der Waals surface area contributed by atoms with Crippen LogP contribution in [0.1, 0.15) is 50.0 Å². The van der Waals surface area contributed by atoms with Crippen molar-refractivity contribution in [1.82, 2.24) is 10.3 Å². The molecule has 0 unspecified atom stereocenters. The summed E-state index contributed by atoms with van der Waals surface area (Å²) in [6, 6.07) is 4.74. The van der Waals surface area contributed by atoms with Gasteiger partial charge in [0.05, 0.1) is 0 Å². The van der Waals surface area contributed by atoms with Crippen molar-refractivity contribution in [2.24, 2.45) is 5.73 Å². The maximum absolute atomic E-state index is 11.9. The molecule has 1 aliphatic rings. The van der Waals surface area contributed by atoms with Crippen LogP contribution >= 0.6 is 0 Å². The van der Waals surface area contributed by atoms with Crippen molar-refractivity contribution in [3.05, 3.63) is 24.0 Å². The third kappa shape index (κ3) is 3.94. The van der Waals surface area contributed by atoms with Crippen LogP contribution in [0.5, 0.6) is 0 Å². The average Bonchev–Trinajstić information content (AvgIpc) is 2.50. The van der Waals surface area contributed by atoms with E-state index < -0.39 is 0 Å². The minimum absolute atomic E-state index is 0.110. The van der Waals surface area contributed by atoms with E-state index in [0.717, 1.165) is 37.9 Å². The molecule has 116 valence electrons. The number of hydrogen-bond donors (Lipinski definition) is 2. The van der Waals surface area contributed by atoms with Gasteiger partial charge in [-0.2, -0.15) is 0 Å². The van der Waals surface area contributed by atoms with Gasteiger partial charge < -0.3 is 16.0 Å². The Morgan fingerprint density at radius 2 is 2.10 bits per heavy atom. The summed E-state index contributed by atoms with van der Waals surface area (Å²) >= 11 is 0. The maximum Gasteiger partial charge on any atom is 0.269 e. The van der Waals surface area contributed by atoms with Crippen LogP contribution in [0.2, 0.25) is 0 Å². The summed E-state index contributed by atoms with van der Waals surface area (Å²) in [7, 11) is 0. The van der Waals surface area contributed by atoms with E-state index in [4.69, 9.17) is 5.73 Å². The van der Waals surface area contributed by atoms with Gasteiger partial charge in [0.1, 0.15) is 5.69 Å².